The molecule has 6 rings (SSSR count). The van der Waals surface area contributed by atoms with Gasteiger partial charge in [-0.05, 0) is 91.2 Å². The molecule has 2 fully saturated rings. The molecule has 3 heterocycles. The molecular weight excluding hydrogens is 641 g/mol. The molecule has 4 aromatic rings. The number of tetrazole rings is 1. The molecule has 2 amide bonds. The number of nitrogens with two attached hydrogens (primary N) is 2. The van der Waals surface area contributed by atoms with Crippen LogP contribution < -0.4 is 21.3 Å². The van der Waals surface area contributed by atoms with Crippen LogP contribution in [-0.4, -0.2) is 76.3 Å². The third-order valence-electron chi connectivity index (χ3n) is 8.92. The molecule has 0 unspecified atom stereocenters. The fourth-order valence-electron chi connectivity index (χ4n) is 6.21. The number of anilines is 2. The number of halogens is 2. The minimum Gasteiger partial charge on any atom is -0.378 e. The fraction of sp³-hybridized carbons (Fsp3) is 0.394. The third kappa shape index (κ3) is 7.79. The van der Waals surface area contributed by atoms with E-state index in [2.05, 4.69) is 30.5 Å². The second kappa shape index (κ2) is 15.8. The van der Waals surface area contributed by atoms with Gasteiger partial charge in [0.1, 0.15) is 5.82 Å². The zero-order valence-electron chi connectivity index (χ0n) is 25.9. The number of carbonyl (C=O) groups is 2. The van der Waals surface area contributed by atoms with Gasteiger partial charge in [0, 0.05) is 36.3 Å². The molecule has 1 saturated heterocycles. The number of pyridine rings is 1. The minimum atomic E-state index is -0.940. The number of rotatable bonds is 9. The maximum absolute atomic E-state index is 14.0. The van der Waals surface area contributed by atoms with Crippen molar-refractivity contribution in [3.05, 3.63) is 71.4 Å². The number of morpholine rings is 1. The lowest BCUT2D eigenvalue weighted by Gasteiger charge is -2.32. The fourth-order valence-corrected chi connectivity index (χ4v) is 6.55. The van der Waals surface area contributed by atoms with Crippen molar-refractivity contribution in [1.29, 1.82) is 0 Å². The summed E-state index contributed by atoms with van der Waals surface area (Å²) < 4.78 is 5.47. The maximum atomic E-state index is 14.0. The predicted octanol–water partition coefficient (Wildman–Crippen LogP) is 4.04. The number of aromatic nitrogens is 5. The largest absolute Gasteiger partial charge is 0.378 e. The molecule has 1 saturated carbocycles. The molecule has 2 aromatic heterocycles. The van der Waals surface area contributed by atoms with Gasteiger partial charge >= 0.3 is 0 Å². The standard InChI is InChI=1S/C33H38ClN9O3.ClH/c34-29-27(13-14-37-31(29)42-15-17-46-18-16-42)23-5-1-21(2-6-23)19-28(36)33(45)43(32(44)25-7-3-22(20-35)4-8-25)26-11-9-24(10-12-26)30-38-40-41-39-30;/h1-2,5-6,9-14,22,25,28H,3-4,7-8,15-20,35-36H2,(H,38,39,40,41);1H/t22?,25?,28-;/m0./s1. The molecule has 47 heavy (non-hydrogen) atoms. The molecular formula is C33H39Cl2N9O3. The van der Waals surface area contributed by atoms with Gasteiger partial charge in [-0.1, -0.05) is 35.9 Å². The van der Waals surface area contributed by atoms with Gasteiger partial charge in [0.15, 0.2) is 0 Å². The lowest BCUT2D eigenvalue weighted by molar-refractivity contribution is -0.130. The van der Waals surface area contributed by atoms with Gasteiger partial charge in [-0.3, -0.25) is 9.59 Å². The molecule has 2 aromatic carbocycles. The van der Waals surface area contributed by atoms with Crippen LogP contribution in [0.5, 0.6) is 0 Å². The Morgan fingerprint density at radius 3 is 2.32 bits per heavy atom. The number of aromatic amines is 1. The maximum Gasteiger partial charge on any atom is 0.251 e. The molecule has 248 valence electrons. The van der Waals surface area contributed by atoms with Crippen molar-refractivity contribution in [3.63, 3.8) is 0 Å². The van der Waals surface area contributed by atoms with Crippen molar-refractivity contribution in [2.24, 2.45) is 23.3 Å². The number of carbonyl (C=O) groups excluding carboxylic acids is 2. The Balaban J connectivity index is 0.00000433. The van der Waals surface area contributed by atoms with E-state index in [1.807, 2.05) is 30.3 Å². The summed E-state index contributed by atoms with van der Waals surface area (Å²) in [4.78, 5) is 35.8. The highest BCUT2D eigenvalue weighted by Crippen LogP contribution is 2.35. The average molecular weight is 681 g/mol. The zero-order chi connectivity index (χ0) is 32.0. The predicted molar refractivity (Wildman–Crippen MR) is 183 cm³/mol. The number of nitrogens with one attached hydrogen (secondary N) is 1. The van der Waals surface area contributed by atoms with Crippen molar-refractivity contribution < 1.29 is 14.3 Å². The average Bonchev–Trinajstić information content (AvgIpc) is 3.65. The number of hydrogen-bond donors (Lipinski definition) is 3. The first-order valence-electron chi connectivity index (χ1n) is 15.7. The van der Waals surface area contributed by atoms with Crippen LogP contribution in [0.15, 0.2) is 60.8 Å². The Kier molecular flexibility index (Phi) is 11.5. The van der Waals surface area contributed by atoms with Gasteiger partial charge in [-0.2, -0.15) is 5.21 Å². The third-order valence-corrected chi connectivity index (χ3v) is 9.29. The van der Waals surface area contributed by atoms with E-state index in [1.165, 1.54) is 4.90 Å². The zero-order valence-corrected chi connectivity index (χ0v) is 27.5. The van der Waals surface area contributed by atoms with E-state index in [0.29, 0.717) is 60.6 Å². The SMILES string of the molecule is Cl.NCC1CCC(C(=O)N(C(=O)[C@@H](N)Cc2ccc(-c3ccnc(N4CCOCC4)c3Cl)cc2)c2ccc(-c3nn[nH]n3)cc2)CC1. The molecule has 0 bridgehead atoms. The van der Waals surface area contributed by atoms with E-state index < -0.39 is 11.9 Å². The van der Waals surface area contributed by atoms with Gasteiger partial charge in [0.05, 0.1) is 30.0 Å². The lowest BCUT2D eigenvalue weighted by Crippen LogP contribution is -2.50. The van der Waals surface area contributed by atoms with Crippen molar-refractivity contribution in [2.45, 2.75) is 38.1 Å². The van der Waals surface area contributed by atoms with Gasteiger partial charge in [-0.15, -0.1) is 22.6 Å². The van der Waals surface area contributed by atoms with Gasteiger partial charge in [-0.25, -0.2) is 9.88 Å². The van der Waals surface area contributed by atoms with Gasteiger partial charge < -0.3 is 21.1 Å². The molecule has 5 N–H and O–H groups in total. The van der Waals surface area contributed by atoms with Crippen LogP contribution in [0.4, 0.5) is 11.5 Å². The summed E-state index contributed by atoms with van der Waals surface area (Å²) in [5.74, 6) is 0.604. The normalized spacial score (nSPS) is 18.7. The Morgan fingerprint density at radius 1 is 1.00 bits per heavy atom. The Morgan fingerprint density at radius 2 is 1.68 bits per heavy atom. The van der Waals surface area contributed by atoms with E-state index in [9.17, 15) is 9.59 Å². The quantitative estimate of drug-likeness (QED) is 0.235. The first kappa shape index (κ1) is 34.4. The number of hydrogen-bond acceptors (Lipinski definition) is 10. The first-order valence-corrected chi connectivity index (χ1v) is 16.0. The van der Waals surface area contributed by atoms with Crippen LogP contribution in [0.2, 0.25) is 5.02 Å². The van der Waals surface area contributed by atoms with E-state index >= 15 is 0 Å². The number of benzene rings is 2. The number of H-pyrrole nitrogens is 1. The topological polar surface area (TPSA) is 169 Å². The molecule has 14 heteroatoms. The Bertz CT molecular complexity index is 1620. The summed E-state index contributed by atoms with van der Waals surface area (Å²) in [6.07, 6.45) is 5.11. The van der Waals surface area contributed by atoms with Crippen molar-refractivity contribution in [3.8, 4) is 22.5 Å². The van der Waals surface area contributed by atoms with Crippen molar-refractivity contribution >= 4 is 47.3 Å². The highest BCUT2D eigenvalue weighted by Gasteiger charge is 2.35. The van der Waals surface area contributed by atoms with Crippen LogP contribution in [0.3, 0.4) is 0 Å². The van der Waals surface area contributed by atoms with Crippen LogP contribution in [0, 0.1) is 11.8 Å². The summed E-state index contributed by atoms with van der Waals surface area (Å²) in [6.45, 7) is 3.35. The molecule has 0 radical (unpaired) electrons. The molecule has 1 atom stereocenters. The van der Waals surface area contributed by atoms with E-state index in [-0.39, 0.29) is 30.7 Å². The lowest BCUT2D eigenvalue weighted by atomic mass is 9.81. The smallest absolute Gasteiger partial charge is 0.251 e. The van der Waals surface area contributed by atoms with E-state index in [1.54, 1.807) is 30.5 Å². The molecule has 1 aliphatic carbocycles. The van der Waals surface area contributed by atoms with Gasteiger partial charge in [0.25, 0.3) is 5.91 Å². The number of ether oxygens (including phenoxy) is 1. The second-order valence-electron chi connectivity index (χ2n) is 11.9. The molecule has 2 aliphatic rings. The number of amides is 2. The minimum absolute atomic E-state index is 0. The number of imide groups is 1. The summed E-state index contributed by atoms with van der Waals surface area (Å²) in [6, 6.07) is 15.7. The number of nitrogens with zero attached hydrogens (tertiary/aromatic N) is 6. The highest BCUT2D eigenvalue weighted by atomic mass is 35.5. The van der Waals surface area contributed by atoms with Crippen molar-refractivity contribution in [2.75, 3.05) is 42.6 Å². The first-order chi connectivity index (χ1) is 22.4. The van der Waals surface area contributed by atoms with E-state index in [4.69, 9.17) is 27.8 Å². The Labute approximate surface area is 284 Å². The summed E-state index contributed by atoms with van der Waals surface area (Å²) in [5.41, 5.74) is 16.3. The monoisotopic (exact) mass is 679 g/mol. The molecule has 0 spiro atoms. The van der Waals surface area contributed by atoms with Crippen LogP contribution in [0.25, 0.3) is 22.5 Å². The summed E-state index contributed by atoms with van der Waals surface area (Å²) in [7, 11) is 0. The van der Waals surface area contributed by atoms with Gasteiger partial charge in [0.2, 0.25) is 11.7 Å². The van der Waals surface area contributed by atoms with E-state index in [0.717, 1.165) is 48.4 Å². The summed E-state index contributed by atoms with van der Waals surface area (Å²) in [5, 5.41) is 14.6. The summed E-state index contributed by atoms with van der Waals surface area (Å²) >= 11 is 6.82. The Hall–Kier alpha value is -3.94. The highest BCUT2D eigenvalue weighted by molar-refractivity contribution is 6.35. The van der Waals surface area contributed by atoms with Crippen molar-refractivity contribution in [1.82, 2.24) is 25.6 Å². The molecule has 12 nitrogen and oxygen atoms in total. The molecule has 1 aliphatic heterocycles. The van der Waals surface area contributed by atoms with Crippen LogP contribution >= 0.6 is 24.0 Å². The second-order valence-corrected chi connectivity index (χ2v) is 12.2. The van der Waals surface area contributed by atoms with Crippen LogP contribution in [-0.2, 0) is 20.7 Å². The van der Waals surface area contributed by atoms with Crippen LogP contribution in [0.1, 0.15) is 31.2 Å².